The molecule has 3 aromatic rings. The molecule has 9 heteroatoms. The van der Waals surface area contributed by atoms with Crippen molar-refractivity contribution < 1.29 is 9.72 Å². The first kappa shape index (κ1) is 18.6. The summed E-state index contributed by atoms with van der Waals surface area (Å²) in [7, 11) is 3.30. The summed E-state index contributed by atoms with van der Waals surface area (Å²) in [6.07, 6.45) is 1.39. The lowest BCUT2D eigenvalue weighted by Crippen LogP contribution is -2.19. The third-order valence-electron chi connectivity index (χ3n) is 4.29. The molecular formula is C19H15N5O4. The standard InChI is InChI=1S/C19H15N5O4/c1-22-16-7-6-12(9-17(16)23(2)19(22)26)8-13(11-20)18(25)21-14-4-3-5-15(10-14)24(27)28/h3-10H,1-2H3,(H,21,25)/b13-8+. The van der Waals surface area contributed by atoms with Crippen LogP contribution in [0, 0.1) is 21.4 Å². The zero-order chi connectivity index (χ0) is 20.4. The molecule has 0 radical (unpaired) electrons. The number of carbonyl (C=O) groups excluding carboxylic acids is 1. The van der Waals surface area contributed by atoms with E-state index in [2.05, 4.69) is 5.32 Å². The van der Waals surface area contributed by atoms with Crippen molar-refractivity contribution in [3.05, 3.63) is 74.2 Å². The second-order valence-electron chi connectivity index (χ2n) is 6.08. The van der Waals surface area contributed by atoms with Gasteiger partial charge in [0.2, 0.25) is 0 Å². The molecule has 0 saturated heterocycles. The highest BCUT2D eigenvalue weighted by Crippen LogP contribution is 2.19. The minimum atomic E-state index is -0.690. The molecule has 0 saturated carbocycles. The minimum absolute atomic E-state index is 0.171. The van der Waals surface area contributed by atoms with Crippen molar-refractivity contribution in [2.45, 2.75) is 0 Å². The molecule has 0 atom stereocenters. The van der Waals surface area contributed by atoms with Gasteiger partial charge in [-0.05, 0) is 29.8 Å². The summed E-state index contributed by atoms with van der Waals surface area (Å²) in [5.41, 5.74) is 1.64. The zero-order valence-electron chi connectivity index (χ0n) is 15.0. The van der Waals surface area contributed by atoms with E-state index in [1.165, 1.54) is 39.5 Å². The highest BCUT2D eigenvalue weighted by atomic mass is 16.6. The number of rotatable bonds is 4. The molecule has 3 rings (SSSR count). The summed E-state index contributed by atoms with van der Waals surface area (Å²) in [4.78, 5) is 34.7. The van der Waals surface area contributed by atoms with Gasteiger partial charge < -0.3 is 5.32 Å². The summed E-state index contributed by atoms with van der Waals surface area (Å²) in [5.74, 6) is -0.690. The van der Waals surface area contributed by atoms with Crippen LogP contribution in [0.2, 0.25) is 0 Å². The maximum absolute atomic E-state index is 12.4. The number of non-ortho nitro benzene ring substituents is 1. The molecule has 0 spiro atoms. The monoisotopic (exact) mass is 377 g/mol. The lowest BCUT2D eigenvalue weighted by Gasteiger charge is -2.04. The van der Waals surface area contributed by atoms with Crippen molar-refractivity contribution in [3.63, 3.8) is 0 Å². The second-order valence-corrected chi connectivity index (χ2v) is 6.08. The van der Waals surface area contributed by atoms with Gasteiger partial charge in [0.05, 0.1) is 16.0 Å². The van der Waals surface area contributed by atoms with Gasteiger partial charge in [0, 0.05) is 31.9 Å². The number of benzene rings is 2. The number of fused-ring (bicyclic) bond motifs is 1. The molecule has 0 unspecified atom stereocenters. The maximum atomic E-state index is 12.4. The van der Waals surface area contributed by atoms with E-state index >= 15 is 0 Å². The summed E-state index contributed by atoms with van der Waals surface area (Å²) in [5, 5.41) is 22.7. The van der Waals surface area contributed by atoms with Crippen molar-refractivity contribution in [2.75, 3.05) is 5.32 Å². The van der Waals surface area contributed by atoms with Gasteiger partial charge in [-0.1, -0.05) is 12.1 Å². The molecule has 1 aromatic heterocycles. The van der Waals surface area contributed by atoms with Crippen LogP contribution < -0.4 is 11.0 Å². The van der Waals surface area contributed by atoms with Gasteiger partial charge in [0.25, 0.3) is 11.6 Å². The van der Waals surface area contributed by atoms with E-state index in [0.717, 1.165) is 5.52 Å². The minimum Gasteiger partial charge on any atom is -0.321 e. The SMILES string of the molecule is Cn1c(=O)n(C)c2cc(/C=C(\C#N)C(=O)Nc3cccc([N+](=O)[O-])c3)ccc21. The van der Waals surface area contributed by atoms with Crippen LogP contribution in [0.25, 0.3) is 17.1 Å². The fraction of sp³-hybridized carbons (Fsp3) is 0.105. The third-order valence-corrected chi connectivity index (χ3v) is 4.29. The number of aromatic nitrogens is 2. The lowest BCUT2D eigenvalue weighted by molar-refractivity contribution is -0.384. The first-order valence-electron chi connectivity index (χ1n) is 8.15. The number of carbonyl (C=O) groups is 1. The van der Waals surface area contributed by atoms with Crippen LogP contribution in [0.1, 0.15) is 5.56 Å². The Hall–Kier alpha value is -4.19. The second kappa shape index (κ2) is 7.20. The van der Waals surface area contributed by atoms with E-state index in [1.54, 1.807) is 32.3 Å². The van der Waals surface area contributed by atoms with Crippen LogP contribution in [0.4, 0.5) is 11.4 Å². The molecule has 0 aliphatic rings. The smallest absolute Gasteiger partial charge is 0.321 e. The van der Waals surface area contributed by atoms with Crippen LogP contribution in [0.15, 0.2) is 52.8 Å². The molecule has 9 nitrogen and oxygen atoms in total. The first-order chi connectivity index (χ1) is 13.3. The van der Waals surface area contributed by atoms with E-state index in [1.807, 2.05) is 6.07 Å². The number of nitro benzene ring substituents is 1. The Bertz CT molecular complexity index is 1240. The van der Waals surface area contributed by atoms with E-state index in [0.29, 0.717) is 11.1 Å². The number of nitriles is 1. The molecule has 0 aliphatic carbocycles. The molecule has 28 heavy (non-hydrogen) atoms. The lowest BCUT2D eigenvalue weighted by atomic mass is 10.1. The van der Waals surface area contributed by atoms with E-state index < -0.39 is 10.8 Å². The van der Waals surface area contributed by atoms with E-state index in [-0.39, 0.29) is 22.6 Å². The van der Waals surface area contributed by atoms with Crippen molar-refractivity contribution >= 4 is 34.4 Å². The van der Waals surface area contributed by atoms with Crippen molar-refractivity contribution in [2.24, 2.45) is 14.1 Å². The molecular weight excluding hydrogens is 362 g/mol. The first-order valence-corrected chi connectivity index (χ1v) is 8.15. The number of anilines is 1. The van der Waals surface area contributed by atoms with Gasteiger partial charge in [-0.15, -0.1) is 0 Å². The molecule has 0 aliphatic heterocycles. The molecule has 1 N–H and O–H groups in total. The largest absolute Gasteiger partial charge is 0.328 e. The highest BCUT2D eigenvalue weighted by Gasteiger charge is 2.13. The maximum Gasteiger partial charge on any atom is 0.328 e. The van der Waals surface area contributed by atoms with Crippen molar-refractivity contribution in [1.82, 2.24) is 9.13 Å². The Balaban J connectivity index is 1.92. The number of amides is 1. The normalized spacial score (nSPS) is 11.2. The number of imidazole rings is 1. The molecule has 140 valence electrons. The highest BCUT2D eigenvalue weighted by molar-refractivity contribution is 6.09. The summed E-state index contributed by atoms with van der Waals surface area (Å²) >= 11 is 0. The number of hydrogen-bond acceptors (Lipinski definition) is 5. The van der Waals surface area contributed by atoms with Gasteiger partial charge in [0.15, 0.2) is 0 Å². The van der Waals surface area contributed by atoms with E-state index in [4.69, 9.17) is 0 Å². The number of hydrogen-bond donors (Lipinski definition) is 1. The molecule has 1 amide bonds. The fourth-order valence-corrected chi connectivity index (χ4v) is 2.82. The van der Waals surface area contributed by atoms with E-state index in [9.17, 15) is 25.0 Å². The van der Waals surface area contributed by atoms with Crippen LogP contribution in [-0.4, -0.2) is 20.0 Å². The average Bonchev–Trinajstić information content (AvgIpc) is 2.90. The van der Waals surface area contributed by atoms with Gasteiger partial charge in [-0.2, -0.15) is 5.26 Å². The molecule has 0 bridgehead atoms. The Labute approximate surface area is 158 Å². The average molecular weight is 377 g/mol. The number of aryl methyl sites for hydroxylation is 2. The van der Waals surface area contributed by atoms with Crippen LogP contribution in [-0.2, 0) is 18.9 Å². The topological polar surface area (TPSA) is 123 Å². The Morgan fingerprint density at radius 1 is 1.18 bits per heavy atom. The third kappa shape index (κ3) is 3.39. The Kier molecular flexibility index (Phi) is 4.78. The van der Waals surface area contributed by atoms with Gasteiger partial charge in [0.1, 0.15) is 11.6 Å². The predicted octanol–water partition coefficient (Wildman–Crippen LogP) is 2.33. The Morgan fingerprint density at radius 2 is 1.89 bits per heavy atom. The van der Waals surface area contributed by atoms with Gasteiger partial charge >= 0.3 is 5.69 Å². The molecule has 1 heterocycles. The summed E-state index contributed by atoms with van der Waals surface area (Å²) in [6, 6.07) is 12.4. The number of nitrogens with zero attached hydrogens (tertiary/aromatic N) is 4. The van der Waals surface area contributed by atoms with Crippen LogP contribution in [0.5, 0.6) is 0 Å². The van der Waals surface area contributed by atoms with Gasteiger partial charge in [-0.3, -0.25) is 24.0 Å². The zero-order valence-corrected chi connectivity index (χ0v) is 15.0. The summed E-state index contributed by atoms with van der Waals surface area (Å²) < 4.78 is 2.98. The van der Waals surface area contributed by atoms with Crippen molar-refractivity contribution in [3.8, 4) is 6.07 Å². The fourth-order valence-electron chi connectivity index (χ4n) is 2.82. The molecule has 0 fully saturated rings. The molecule has 2 aromatic carbocycles. The Morgan fingerprint density at radius 3 is 2.57 bits per heavy atom. The van der Waals surface area contributed by atoms with Crippen LogP contribution in [0.3, 0.4) is 0 Å². The predicted molar refractivity (Wildman–Crippen MR) is 103 cm³/mol. The van der Waals surface area contributed by atoms with Gasteiger partial charge in [-0.25, -0.2) is 4.79 Å². The quantitative estimate of drug-likeness (QED) is 0.323. The van der Waals surface area contributed by atoms with Crippen molar-refractivity contribution in [1.29, 1.82) is 5.26 Å². The number of nitrogens with one attached hydrogen (secondary N) is 1. The number of nitro groups is 1. The van der Waals surface area contributed by atoms with Crippen LogP contribution >= 0.6 is 0 Å². The summed E-state index contributed by atoms with van der Waals surface area (Å²) in [6.45, 7) is 0.